The molecule has 0 spiro atoms. The van der Waals surface area contributed by atoms with E-state index in [0.29, 0.717) is 16.9 Å². The molecule has 3 aromatic carbocycles. The van der Waals surface area contributed by atoms with Crippen molar-refractivity contribution in [2.45, 2.75) is 28.9 Å². The molecule has 0 saturated heterocycles. The lowest BCUT2D eigenvalue weighted by Gasteiger charge is -2.21. The van der Waals surface area contributed by atoms with Gasteiger partial charge in [-0.2, -0.15) is 0 Å². The summed E-state index contributed by atoms with van der Waals surface area (Å²) in [6.45, 7) is 3.92. The van der Waals surface area contributed by atoms with Crippen LogP contribution in [-0.4, -0.2) is 17.1 Å². The van der Waals surface area contributed by atoms with Gasteiger partial charge in [0.25, 0.3) is 5.91 Å². The van der Waals surface area contributed by atoms with Crippen LogP contribution in [-0.2, 0) is 4.79 Å². The van der Waals surface area contributed by atoms with Gasteiger partial charge in [0.1, 0.15) is 0 Å². The van der Waals surface area contributed by atoms with E-state index in [0.717, 1.165) is 15.5 Å². The summed E-state index contributed by atoms with van der Waals surface area (Å²) in [5.41, 5.74) is 4.12. The van der Waals surface area contributed by atoms with Gasteiger partial charge >= 0.3 is 0 Å². The number of benzene rings is 3. The Labute approximate surface area is 184 Å². The van der Waals surface area contributed by atoms with Gasteiger partial charge < -0.3 is 15.4 Å². The van der Waals surface area contributed by atoms with Gasteiger partial charge in [0.2, 0.25) is 5.91 Å². The van der Waals surface area contributed by atoms with E-state index in [1.165, 1.54) is 29.3 Å². The lowest BCUT2D eigenvalue weighted by atomic mass is 10.1. The van der Waals surface area contributed by atoms with Gasteiger partial charge in [0, 0.05) is 26.7 Å². The zero-order chi connectivity index (χ0) is 21.1. The first-order chi connectivity index (χ1) is 14.5. The summed E-state index contributed by atoms with van der Waals surface area (Å²) in [5.74, 6) is -0.263. The van der Waals surface area contributed by atoms with E-state index < -0.39 is 0 Å². The molecule has 0 bridgehead atoms. The summed E-state index contributed by atoms with van der Waals surface area (Å²) in [7, 11) is 0. The molecular formula is C23H21N3O2S2. The average Bonchev–Trinajstić information content (AvgIpc) is 2.74. The van der Waals surface area contributed by atoms with Gasteiger partial charge in [0.05, 0.1) is 10.9 Å². The summed E-state index contributed by atoms with van der Waals surface area (Å²) >= 11 is 2.99. The van der Waals surface area contributed by atoms with Crippen molar-refractivity contribution in [1.82, 2.24) is 0 Å². The molecule has 1 aliphatic rings. The van der Waals surface area contributed by atoms with Gasteiger partial charge in [0.15, 0.2) is 0 Å². The molecule has 5 nitrogen and oxygen atoms in total. The van der Waals surface area contributed by atoms with Crippen molar-refractivity contribution < 1.29 is 9.59 Å². The van der Waals surface area contributed by atoms with Crippen molar-refractivity contribution in [2.24, 2.45) is 0 Å². The Balaban J connectivity index is 1.44. The van der Waals surface area contributed by atoms with Crippen molar-refractivity contribution in [2.75, 3.05) is 15.4 Å². The lowest BCUT2D eigenvalue weighted by Crippen LogP contribution is -2.26. The minimum atomic E-state index is -0.218. The second kappa shape index (κ2) is 8.85. The number of amides is 2. The van der Waals surface area contributed by atoms with Crippen LogP contribution in [0.5, 0.6) is 0 Å². The Morgan fingerprint density at radius 2 is 1.90 bits per heavy atom. The highest BCUT2D eigenvalue weighted by Crippen LogP contribution is 2.36. The van der Waals surface area contributed by atoms with Crippen LogP contribution >= 0.6 is 23.7 Å². The Hall–Kier alpha value is -2.90. The molecule has 0 fully saturated rings. The van der Waals surface area contributed by atoms with Crippen LogP contribution in [0.1, 0.15) is 22.8 Å². The van der Waals surface area contributed by atoms with Gasteiger partial charge in [-0.1, -0.05) is 24.3 Å². The third kappa shape index (κ3) is 4.63. The molecule has 0 aliphatic carbocycles. The van der Waals surface area contributed by atoms with Crippen molar-refractivity contribution in [3.8, 4) is 0 Å². The summed E-state index contributed by atoms with van der Waals surface area (Å²) in [5, 5.41) is 5.67. The summed E-state index contributed by atoms with van der Waals surface area (Å²) in [6, 6.07) is 21.1. The summed E-state index contributed by atoms with van der Waals surface area (Å²) in [6.07, 6.45) is 0. The molecule has 1 heterocycles. The van der Waals surface area contributed by atoms with Crippen LogP contribution in [0.3, 0.4) is 0 Å². The SMILES string of the molecule is Cc1ccccc1NSc1cccc(NC(=O)c2ccc3c(c2)NC(=O)C(C)S3)c1. The van der Waals surface area contributed by atoms with E-state index in [9.17, 15) is 9.59 Å². The maximum atomic E-state index is 12.7. The largest absolute Gasteiger partial charge is 0.325 e. The van der Waals surface area contributed by atoms with Crippen LogP contribution in [0.4, 0.5) is 17.1 Å². The highest BCUT2D eigenvalue weighted by atomic mass is 32.2. The molecule has 152 valence electrons. The van der Waals surface area contributed by atoms with Crippen molar-refractivity contribution in [1.29, 1.82) is 0 Å². The van der Waals surface area contributed by atoms with Crippen LogP contribution in [0.15, 0.2) is 76.5 Å². The molecule has 3 aromatic rings. The maximum absolute atomic E-state index is 12.7. The number of fused-ring (bicyclic) bond motifs is 1. The summed E-state index contributed by atoms with van der Waals surface area (Å²) < 4.78 is 3.34. The standard InChI is InChI=1S/C23H21N3O2S2/c1-14-6-3-4-9-19(14)26-30-18-8-5-7-17(13-18)24-23(28)16-10-11-21-20(12-16)25-22(27)15(2)29-21/h3-13,15,26H,1-2H3,(H,24,28)(H,25,27). The van der Waals surface area contributed by atoms with Crippen LogP contribution in [0.2, 0.25) is 0 Å². The molecule has 4 rings (SSSR count). The molecule has 1 atom stereocenters. The average molecular weight is 436 g/mol. The van der Waals surface area contributed by atoms with E-state index in [1.807, 2.05) is 55.5 Å². The number of hydrogen-bond acceptors (Lipinski definition) is 5. The predicted octanol–water partition coefficient (Wildman–Crippen LogP) is 5.80. The highest BCUT2D eigenvalue weighted by molar-refractivity contribution is 8.01. The minimum absolute atomic E-state index is 0.0454. The lowest BCUT2D eigenvalue weighted by molar-refractivity contribution is -0.115. The van der Waals surface area contributed by atoms with E-state index in [2.05, 4.69) is 28.3 Å². The Morgan fingerprint density at radius 1 is 1.07 bits per heavy atom. The normalized spacial score (nSPS) is 15.1. The van der Waals surface area contributed by atoms with Gasteiger partial charge in [-0.05, 0) is 73.8 Å². The molecule has 0 saturated carbocycles. The maximum Gasteiger partial charge on any atom is 0.255 e. The van der Waals surface area contributed by atoms with Crippen LogP contribution < -0.4 is 15.4 Å². The predicted molar refractivity (Wildman–Crippen MR) is 125 cm³/mol. The first-order valence-corrected chi connectivity index (χ1v) is 11.2. The second-order valence-electron chi connectivity index (χ2n) is 6.96. The Bertz CT molecular complexity index is 1120. The van der Waals surface area contributed by atoms with E-state index in [1.54, 1.807) is 12.1 Å². The second-order valence-corrected chi connectivity index (χ2v) is 9.22. The fraction of sp³-hybridized carbons (Fsp3) is 0.130. The molecular weight excluding hydrogens is 414 g/mol. The van der Waals surface area contributed by atoms with Gasteiger partial charge in [-0.25, -0.2) is 0 Å². The molecule has 3 N–H and O–H groups in total. The number of anilines is 3. The Kier molecular flexibility index (Phi) is 6.01. The fourth-order valence-corrected chi connectivity index (χ4v) is 4.71. The third-order valence-corrected chi connectivity index (χ3v) is 6.68. The van der Waals surface area contributed by atoms with Crippen molar-refractivity contribution in [3.63, 3.8) is 0 Å². The Morgan fingerprint density at radius 3 is 2.73 bits per heavy atom. The number of thioether (sulfide) groups is 1. The van der Waals surface area contributed by atoms with E-state index in [4.69, 9.17) is 0 Å². The molecule has 0 radical (unpaired) electrons. The van der Waals surface area contributed by atoms with Crippen LogP contribution in [0, 0.1) is 6.92 Å². The first kappa shape index (κ1) is 20.4. The number of carbonyl (C=O) groups is 2. The van der Waals surface area contributed by atoms with E-state index in [-0.39, 0.29) is 17.1 Å². The zero-order valence-electron chi connectivity index (χ0n) is 16.6. The molecule has 1 aliphatic heterocycles. The zero-order valence-corrected chi connectivity index (χ0v) is 18.2. The number of para-hydroxylation sites is 1. The van der Waals surface area contributed by atoms with Crippen molar-refractivity contribution >= 4 is 52.6 Å². The third-order valence-electron chi connectivity index (χ3n) is 4.69. The quantitative estimate of drug-likeness (QED) is 0.442. The molecule has 30 heavy (non-hydrogen) atoms. The van der Waals surface area contributed by atoms with Crippen molar-refractivity contribution in [3.05, 3.63) is 77.9 Å². The van der Waals surface area contributed by atoms with E-state index >= 15 is 0 Å². The number of carbonyl (C=O) groups excluding carboxylic acids is 2. The molecule has 2 amide bonds. The van der Waals surface area contributed by atoms with Gasteiger partial charge in [-0.3, -0.25) is 9.59 Å². The molecule has 7 heteroatoms. The first-order valence-electron chi connectivity index (χ1n) is 9.51. The number of hydrogen-bond donors (Lipinski definition) is 3. The number of nitrogens with one attached hydrogen (secondary N) is 3. The highest BCUT2D eigenvalue weighted by Gasteiger charge is 2.23. The topological polar surface area (TPSA) is 70.2 Å². The minimum Gasteiger partial charge on any atom is -0.325 e. The summed E-state index contributed by atoms with van der Waals surface area (Å²) in [4.78, 5) is 26.6. The monoisotopic (exact) mass is 435 g/mol. The molecule has 1 unspecified atom stereocenters. The number of aryl methyl sites for hydroxylation is 1. The smallest absolute Gasteiger partial charge is 0.255 e. The fourth-order valence-electron chi connectivity index (χ4n) is 2.99. The number of rotatable bonds is 5. The van der Waals surface area contributed by atoms with Gasteiger partial charge in [-0.15, -0.1) is 11.8 Å². The van der Waals surface area contributed by atoms with Crippen LogP contribution in [0.25, 0.3) is 0 Å². The molecule has 0 aromatic heterocycles.